The smallest absolute Gasteiger partial charge is 0.254 e. The van der Waals surface area contributed by atoms with Gasteiger partial charge in [0.05, 0.1) is 29.6 Å². The first-order valence-corrected chi connectivity index (χ1v) is 9.60. The van der Waals surface area contributed by atoms with E-state index in [1.54, 1.807) is 36.7 Å². The van der Waals surface area contributed by atoms with Crippen LogP contribution in [-0.4, -0.2) is 40.9 Å². The van der Waals surface area contributed by atoms with Crippen molar-refractivity contribution in [2.24, 2.45) is 5.92 Å². The number of hydrogen-bond donors (Lipinski definition) is 3. The van der Waals surface area contributed by atoms with Crippen molar-refractivity contribution in [2.45, 2.75) is 12.8 Å². The van der Waals surface area contributed by atoms with Gasteiger partial charge in [-0.2, -0.15) is 0 Å². The van der Waals surface area contributed by atoms with Crippen molar-refractivity contribution in [2.75, 3.05) is 24.7 Å². The summed E-state index contributed by atoms with van der Waals surface area (Å²) in [4.78, 5) is 37.5. The van der Waals surface area contributed by atoms with Crippen molar-refractivity contribution in [3.8, 4) is 17.1 Å². The Hall–Kier alpha value is -4.01. The molecule has 31 heavy (non-hydrogen) atoms. The van der Waals surface area contributed by atoms with Gasteiger partial charge < -0.3 is 20.7 Å². The molecule has 2 heterocycles. The van der Waals surface area contributed by atoms with E-state index in [4.69, 9.17) is 8.85 Å². The molecule has 0 atom stereocenters. The fraction of sp³-hybridized carbons (Fsp3) is 0.227. The van der Waals surface area contributed by atoms with Crippen LogP contribution in [0.1, 0.15) is 27.3 Å². The predicted molar refractivity (Wildman–Crippen MR) is 116 cm³/mol. The number of pyridine rings is 1. The van der Waals surface area contributed by atoms with Gasteiger partial charge in [0.1, 0.15) is 5.82 Å². The highest BCUT2D eigenvalue weighted by Gasteiger charge is 2.30. The van der Waals surface area contributed by atoms with Crippen molar-refractivity contribution >= 4 is 29.0 Å². The largest absolute Gasteiger partial charge is 0.494 e. The molecular formula is C22H22N6O3. The van der Waals surface area contributed by atoms with E-state index in [0.29, 0.717) is 22.8 Å². The third kappa shape index (κ3) is 4.45. The van der Waals surface area contributed by atoms with E-state index in [1.165, 1.54) is 19.4 Å². The van der Waals surface area contributed by atoms with Crippen molar-refractivity contribution in [3.05, 3.63) is 54.5 Å². The lowest BCUT2D eigenvalue weighted by Crippen LogP contribution is -2.20. The maximum Gasteiger partial charge on any atom is 0.254 e. The summed E-state index contributed by atoms with van der Waals surface area (Å²) in [6.07, 6.45) is 6.07. The van der Waals surface area contributed by atoms with Crippen LogP contribution in [0.4, 0.5) is 17.2 Å². The first-order valence-electron chi connectivity index (χ1n) is 11.1. The van der Waals surface area contributed by atoms with Crippen LogP contribution in [0, 0.1) is 5.92 Å². The van der Waals surface area contributed by atoms with Crippen LogP contribution in [0.5, 0.6) is 5.75 Å². The molecule has 158 valence electrons. The summed E-state index contributed by atoms with van der Waals surface area (Å²) in [7, 11) is 1.49. The third-order valence-electron chi connectivity index (χ3n) is 4.76. The molecule has 4 rings (SSSR count). The van der Waals surface area contributed by atoms with E-state index < -0.39 is 12.9 Å². The average Bonchev–Trinajstić information content (AvgIpc) is 3.64. The number of carbonyl (C=O) groups is 2. The highest BCUT2D eigenvalue weighted by Crippen LogP contribution is 2.37. The Morgan fingerprint density at radius 3 is 2.65 bits per heavy atom. The zero-order valence-corrected chi connectivity index (χ0v) is 16.7. The lowest BCUT2D eigenvalue weighted by atomic mass is 10.1. The van der Waals surface area contributed by atoms with Gasteiger partial charge in [-0.1, -0.05) is 6.07 Å². The van der Waals surface area contributed by atoms with Crippen LogP contribution >= 0.6 is 0 Å². The maximum atomic E-state index is 12.7. The monoisotopic (exact) mass is 421 g/mol. The molecule has 2 aromatic heterocycles. The Morgan fingerprint density at radius 1 is 1.13 bits per heavy atom. The minimum Gasteiger partial charge on any atom is -0.494 e. The summed E-state index contributed by atoms with van der Waals surface area (Å²) < 4.78 is 27.6. The topological polar surface area (TPSA) is 118 Å². The molecule has 1 aliphatic rings. The lowest BCUT2D eigenvalue weighted by molar-refractivity contribution is -0.117. The van der Waals surface area contributed by atoms with Crippen LogP contribution in [0.2, 0.25) is 0 Å². The molecule has 3 aromatic rings. The first kappa shape index (κ1) is 16.8. The van der Waals surface area contributed by atoms with Gasteiger partial charge in [-0.15, -0.1) is 0 Å². The lowest BCUT2D eigenvalue weighted by Gasteiger charge is -2.17. The van der Waals surface area contributed by atoms with Gasteiger partial charge in [0.2, 0.25) is 5.91 Å². The second-order valence-electron chi connectivity index (χ2n) is 6.92. The molecule has 0 saturated heterocycles. The molecule has 1 aliphatic carbocycles. The van der Waals surface area contributed by atoms with E-state index in [1.807, 2.05) is 5.32 Å². The summed E-state index contributed by atoms with van der Waals surface area (Å²) in [5, 5.41) is 7.80. The van der Waals surface area contributed by atoms with E-state index in [0.717, 1.165) is 12.8 Å². The number of nitrogens with zero attached hydrogens (tertiary/aromatic N) is 3. The van der Waals surface area contributed by atoms with Crippen LogP contribution in [0.3, 0.4) is 0 Å². The fourth-order valence-corrected chi connectivity index (χ4v) is 3.06. The zero-order valence-electron chi connectivity index (χ0n) is 19.7. The second kappa shape index (κ2) is 8.78. The number of methoxy groups -OCH3 is 1. The fourth-order valence-electron chi connectivity index (χ4n) is 3.06. The Kier molecular flexibility index (Phi) is 4.75. The zero-order chi connectivity index (χ0) is 24.3. The van der Waals surface area contributed by atoms with Gasteiger partial charge in [-0.3, -0.25) is 9.59 Å². The minimum absolute atomic E-state index is 0.0241. The second-order valence-corrected chi connectivity index (χ2v) is 6.92. The molecule has 0 aliphatic heterocycles. The van der Waals surface area contributed by atoms with E-state index in [9.17, 15) is 9.59 Å². The summed E-state index contributed by atoms with van der Waals surface area (Å²) in [5.41, 5.74) is 1.29. The Bertz CT molecular complexity index is 1220. The SMILES string of the molecule is [2H]C([2H])([2H])NC(=O)c1cnc(NC(=O)C2CC2)cc1Nc1cccc(-c2ncccn2)c1OC. The molecule has 0 bridgehead atoms. The molecule has 2 amide bonds. The van der Waals surface area contributed by atoms with Crippen molar-refractivity contribution < 1.29 is 18.4 Å². The van der Waals surface area contributed by atoms with Gasteiger partial charge >= 0.3 is 0 Å². The summed E-state index contributed by atoms with van der Waals surface area (Å²) >= 11 is 0. The number of rotatable bonds is 7. The average molecular weight is 421 g/mol. The highest BCUT2D eigenvalue weighted by atomic mass is 16.5. The standard InChI is InChI=1S/C22H22N6O3/c1-23-22(30)15-12-26-18(28-21(29)13-7-8-13)11-17(15)27-16-6-3-5-14(19(16)31-2)20-24-9-4-10-25-20/h3-6,9-13H,7-8H2,1-2H3,(H,23,30)(H2,26,27,28,29)/i1D3. The molecule has 9 heteroatoms. The number of ether oxygens (including phenoxy) is 1. The molecule has 0 unspecified atom stereocenters. The molecule has 3 N–H and O–H groups in total. The maximum absolute atomic E-state index is 12.7. The van der Waals surface area contributed by atoms with E-state index in [2.05, 4.69) is 25.6 Å². The van der Waals surface area contributed by atoms with Crippen LogP contribution < -0.4 is 20.7 Å². The Labute approximate surface area is 183 Å². The normalized spacial score (nSPS) is 14.5. The van der Waals surface area contributed by atoms with Gasteiger partial charge in [0.25, 0.3) is 5.91 Å². The number of para-hydroxylation sites is 1. The van der Waals surface area contributed by atoms with Gasteiger partial charge in [0.15, 0.2) is 11.6 Å². The van der Waals surface area contributed by atoms with Crippen molar-refractivity contribution in [1.29, 1.82) is 0 Å². The van der Waals surface area contributed by atoms with Gasteiger partial charge in [-0.05, 0) is 31.0 Å². The number of hydrogen-bond acceptors (Lipinski definition) is 7. The predicted octanol–water partition coefficient (Wildman–Crippen LogP) is 3.00. The van der Waals surface area contributed by atoms with Crippen molar-refractivity contribution in [3.63, 3.8) is 0 Å². The molecular weight excluding hydrogens is 396 g/mol. The molecule has 1 fully saturated rings. The van der Waals surface area contributed by atoms with Crippen LogP contribution in [0.15, 0.2) is 48.9 Å². The third-order valence-corrected chi connectivity index (χ3v) is 4.76. The summed E-state index contributed by atoms with van der Waals surface area (Å²) in [6.45, 7) is -2.69. The minimum atomic E-state index is -2.69. The molecule has 1 aromatic carbocycles. The summed E-state index contributed by atoms with van der Waals surface area (Å²) in [6, 6.07) is 8.44. The molecule has 9 nitrogen and oxygen atoms in total. The first-order chi connectivity index (χ1) is 16.2. The van der Waals surface area contributed by atoms with Crippen LogP contribution in [-0.2, 0) is 4.79 Å². The number of nitrogens with one attached hydrogen (secondary N) is 3. The Balaban J connectivity index is 1.72. The van der Waals surface area contributed by atoms with Gasteiger partial charge in [0, 0.05) is 41.7 Å². The highest BCUT2D eigenvalue weighted by molar-refractivity contribution is 6.01. The molecule has 1 saturated carbocycles. The number of amides is 2. The number of anilines is 3. The van der Waals surface area contributed by atoms with E-state index in [-0.39, 0.29) is 28.9 Å². The number of carbonyl (C=O) groups excluding carboxylic acids is 2. The van der Waals surface area contributed by atoms with Crippen molar-refractivity contribution in [1.82, 2.24) is 20.3 Å². The van der Waals surface area contributed by atoms with Gasteiger partial charge in [-0.25, -0.2) is 15.0 Å². The quantitative estimate of drug-likeness (QED) is 0.537. The Morgan fingerprint density at radius 2 is 1.94 bits per heavy atom. The summed E-state index contributed by atoms with van der Waals surface area (Å²) in [5.74, 6) is 0.0352. The molecule has 0 spiro atoms. The van der Waals surface area contributed by atoms with Crippen LogP contribution in [0.25, 0.3) is 11.4 Å². The number of aromatic nitrogens is 3. The molecule has 0 radical (unpaired) electrons. The number of benzene rings is 1. The van der Waals surface area contributed by atoms with E-state index >= 15 is 0 Å².